The average molecular weight is 289 g/mol. The van der Waals surface area contributed by atoms with E-state index in [2.05, 4.69) is 13.8 Å². The predicted octanol–water partition coefficient (Wildman–Crippen LogP) is 2.20. The first-order chi connectivity index (χ1) is 8.32. The number of nitrogens with two attached hydrogens (primary N) is 1. The molecule has 0 aliphatic carbocycles. The van der Waals surface area contributed by atoms with Crippen molar-refractivity contribution in [3.8, 4) is 0 Å². The molecular formula is C12H17ClN2O2S. The molecule has 2 unspecified atom stereocenters. The second-order valence-electron chi connectivity index (χ2n) is 4.96. The van der Waals surface area contributed by atoms with E-state index in [0.29, 0.717) is 29.9 Å². The second-order valence-corrected chi connectivity index (χ2v) is 7.30. The molecule has 1 aromatic carbocycles. The van der Waals surface area contributed by atoms with Crippen LogP contribution in [0.1, 0.15) is 13.8 Å². The van der Waals surface area contributed by atoms with Crippen LogP contribution >= 0.6 is 11.6 Å². The van der Waals surface area contributed by atoms with Gasteiger partial charge in [-0.1, -0.05) is 25.4 Å². The lowest BCUT2D eigenvalue weighted by atomic mass is 10.0. The summed E-state index contributed by atoms with van der Waals surface area (Å²) in [5.74, 6) is 0.738. The first-order valence-electron chi connectivity index (χ1n) is 5.87. The molecule has 0 radical (unpaired) electrons. The van der Waals surface area contributed by atoms with Crippen LogP contribution < -0.4 is 5.73 Å². The lowest BCUT2D eigenvalue weighted by molar-refractivity contribution is 0.463. The SMILES string of the molecule is CC1CN(S(=O)(=O)c2ccc(Cl)cc2N)CC1C. The zero-order chi connectivity index (χ0) is 13.5. The fraction of sp³-hybridized carbons (Fsp3) is 0.500. The maximum atomic E-state index is 12.5. The summed E-state index contributed by atoms with van der Waals surface area (Å²) < 4.78 is 26.4. The molecule has 2 rings (SSSR count). The third-order valence-corrected chi connectivity index (χ3v) is 5.68. The van der Waals surface area contributed by atoms with Gasteiger partial charge in [0.25, 0.3) is 0 Å². The third-order valence-electron chi connectivity index (χ3n) is 3.54. The highest BCUT2D eigenvalue weighted by Crippen LogP contribution is 2.31. The molecule has 1 aliphatic rings. The van der Waals surface area contributed by atoms with E-state index in [1.54, 1.807) is 6.07 Å². The van der Waals surface area contributed by atoms with Crippen LogP contribution in [0.25, 0.3) is 0 Å². The van der Waals surface area contributed by atoms with Crippen LogP contribution in [0.3, 0.4) is 0 Å². The van der Waals surface area contributed by atoms with Crippen LogP contribution in [-0.2, 0) is 10.0 Å². The monoisotopic (exact) mass is 288 g/mol. The summed E-state index contributed by atoms with van der Waals surface area (Å²) in [6.07, 6.45) is 0. The van der Waals surface area contributed by atoms with Gasteiger partial charge in [0.15, 0.2) is 0 Å². The van der Waals surface area contributed by atoms with Crippen molar-refractivity contribution in [3.63, 3.8) is 0 Å². The standard InChI is InChI=1S/C12H17ClN2O2S/c1-8-6-15(7-9(8)2)18(16,17)12-4-3-10(13)5-11(12)14/h3-5,8-9H,6-7,14H2,1-2H3. The third kappa shape index (κ3) is 2.35. The van der Waals surface area contributed by atoms with Crippen molar-refractivity contribution in [2.75, 3.05) is 18.8 Å². The molecule has 1 saturated heterocycles. The molecule has 1 aromatic rings. The number of nitrogen functional groups attached to an aromatic ring is 1. The van der Waals surface area contributed by atoms with Gasteiger partial charge in [0.1, 0.15) is 4.90 Å². The largest absolute Gasteiger partial charge is 0.398 e. The van der Waals surface area contributed by atoms with Gasteiger partial charge < -0.3 is 5.73 Å². The number of nitrogens with zero attached hydrogens (tertiary/aromatic N) is 1. The lowest BCUT2D eigenvalue weighted by Gasteiger charge is -2.17. The maximum absolute atomic E-state index is 12.5. The van der Waals surface area contributed by atoms with Crippen LogP contribution in [0.4, 0.5) is 5.69 Å². The minimum atomic E-state index is -3.50. The van der Waals surface area contributed by atoms with Crippen molar-refractivity contribution >= 4 is 27.3 Å². The lowest BCUT2D eigenvalue weighted by Crippen LogP contribution is -2.29. The number of anilines is 1. The van der Waals surface area contributed by atoms with Crippen molar-refractivity contribution < 1.29 is 8.42 Å². The second kappa shape index (κ2) is 4.72. The number of sulfonamides is 1. The highest BCUT2D eigenvalue weighted by atomic mass is 35.5. The minimum Gasteiger partial charge on any atom is -0.398 e. The molecule has 1 heterocycles. The van der Waals surface area contributed by atoms with Gasteiger partial charge in [-0.25, -0.2) is 8.42 Å². The van der Waals surface area contributed by atoms with E-state index in [-0.39, 0.29) is 10.6 Å². The van der Waals surface area contributed by atoms with Crippen molar-refractivity contribution in [1.29, 1.82) is 0 Å². The van der Waals surface area contributed by atoms with Gasteiger partial charge >= 0.3 is 0 Å². The molecule has 6 heteroatoms. The van der Waals surface area contributed by atoms with Gasteiger partial charge in [-0.05, 0) is 30.0 Å². The van der Waals surface area contributed by atoms with E-state index in [9.17, 15) is 8.42 Å². The fourth-order valence-corrected chi connectivity index (χ4v) is 4.08. The van der Waals surface area contributed by atoms with Gasteiger partial charge in [0, 0.05) is 18.1 Å². The number of benzene rings is 1. The Morgan fingerprint density at radius 1 is 1.28 bits per heavy atom. The summed E-state index contributed by atoms with van der Waals surface area (Å²) >= 11 is 5.78. The van der Waals surface area contributed by atoms with E-state index in [1.807, 2.05) is 0 Å². The van der Waals surface area contributed by atoms with Crippen LogP contribution in [0.15, 0.2) is 23.1 Å². The predicted molar refractivity (Wildman–Crippen MR) is 73.0 cm³/mol. The van der Waals surface area contributed by atoms with Crippen LogP contribution in [0.5, 0.6) is 0 Å². The number of halogens is 1. The summed E-state index contributed by atoms with van der Waals surface area (Å²) in [6.45, 7) is 5.22. The summed E-state index contributed by atoms with van der Waals surface area (Å²) in [5.41, 5.74) is 5.96. The summed E-state index contributed by atoms with van der Waals surface area (Å²) in [4.78, 5) is 0.146. The molecule has 1 aliphatic heterocycles. The normalized spacial score (nSPS) is 25.5. The molecule has 0 bridgehead atoms. The Morgan fingerprint density at radius 2 is 1.83 bits per heavy atom. The Kier molecular flexibility index (Phi) is 3.58. The Hall–Kier alpha value is -0.780. The first-order valence-corrected chi connectivity index (χ1v) is 7.69. The van der Waals surface area contributed by atoms with Crippen molar-refractivity contribution in [2.45, 2.75) is 18.7 Å². The zero-order valence-corrected chi connectivity index (χ0v) is 12.0. The Bertz CT molecular complexity index is 549. The molecule has 0 amide bonds. The molecule has 0 spiro atoms. The number of hydrogen-bond donors (Lipinski definition) is 1. The van der Waals surface area contributed by atoms with E-state index >= 15 is 0 Å². The van der Waals surface area contributed by atoms with Gasteiger partial charge in [0.05, 0.1) is 5.69 Å². The molecule has 0 saturated carbocycles. The van der Waals surface area contributed by atoms with Crippen LogP contribution in [0, 0.1) is 11.8 Å². The number of hydrogen-bond acceptors (Lipinski definition) is 3. The maximum Gasteiger partial charge on any atom is 0.245 e. The van der Waals surface area contributed by atoms with Crippen molar-refractivity contribution in [2.24, 2.45) is 11.8 Å². The Labute approximate surface area is 113 Å². The minimum absolute atomic E-state index is 0.146. The van der Waals surface area contributed by atoms with Gasteiger partial charge in [-0.2, -0.15) is 4.31 Å². The molecule has 100 valence electrons. The topological polar surface area (TPSA) is 63.4 Å². The number of rotatable bonds is 2. The molecule has 1 fully saturated rings. The Balaban J connectivity index is 2.37. The van der Waals surface area contributed by atoms with Gasteiger partial charge in [-0.3, -0.25) is 0 Å². The van der Waals surface area contributed by atoms with E-state index in [1.165, 1.54) is 16.4 Å². The average Bonchev–Trinajstić information content (AvgIpc) is 2.59. The summed E-state index contributed by atoms with van der Waals surface area (Å²) in [7, 11) is -3.50. The summed E-state index contributed by atoms with van der Waals surface area (Å²) in [5, 5.41) is 0.439. The van der Waals surface area contributed by atoms with Crippen molar-refractivity contribution in [1.82, 2.24) is 4.31 Å². The molecule has 2 atom stereocenters. The van der Waals surface area contributed by atoms with E-state index < -0.39 is 10.0 Å². The van der Waals surface area contributed by atoms with E-state index in [0.717, 1.165) is 0 Å². The fourth-order valence-electron chi connectivity index (χ4n) is 2.17. The smallest absolute Gasteiger partial charge is 0.245 e. The molecule has 4 nitrogen and oxygen atoms in total. The highest BCUT2D eigenvalue weighted by molar-refractivity contribution is 7.89. The Morgan fingerprint density at radius 3 is 2.33 bits per heavy atom. The van der Waals surface area contributed by atoms with Gasteiger partial charge in [-0.15, -0.1) is 0 Å². The first kappa shape index (κ1) is 13.6. The molecule has 0 aromatic heterocycles. The van der Waals surface area contributed by atoms with Crippen LogP contribution in [-0.4, -0.2) is 25.8 Å². The van der Waals surface area contributed by atoms with Gasteiger partial charge in [0.2, 0.25) is 10.0 Å². The highest BCUT2D eigenvalue weighted by Gasteiger charge is 2.35. The molecular weight excluding hydrogens is 272 g/mol. The molecule has 18 heavy (non-hydrogen) atoms. The van der Waals surface area contributed by atoms with E-state index in [4.69, 9.17) is 17.3 Å². The van der Waals surface area contributed by atoms with Crippen LogP contribution in [0.2, 0.25) is 5.02 Å². The molecule has 2 N–H and O–H groups in total. The summed E-state index contributed by atoms with van der Waals surface area (Å²) in [6, 6.07) is 4.49. The van der Waals surface area contributed by atoms with Crippen molar-refractivity contribution in [3.05, 3.63) is 23.2 Å². The quantitative estimate of drug-likeness (QED) is 0.849. The zero-order valence-electron chi connectivity index (χ0n) is 10.4.